The summed E-state index contributed by atoms with van der Waals surface area (Å²) in [6.07, 6.45) is 0. The molecule has 0 unspecified atom stereocenters. The number of benzene rings is 3. The Morgan fingerprint density at radius 2 is 1.75 bits per heavy atom. The Labute approximate surface area is 159 Å². The predicted molar refractivity (Wildman–Crippen MR) is 107 cm³/mol. The first-order valence-electron chi connectivity index (χ1n) is 8.69. The first-order valence-corrected chi connectivity index (χ1v) is 8.69. The molecule has 138 valence electrons. The van der Waals surface area contributed by atoms with Crippen molar-refractivity contribution in [3.8, 4) is 11.3 Å². The van der Waals surface area contributed by atoms with Crippen LogP contribution in [-0.2, 0) is 0 Å². The summed E-state index contributed by atoms with van der Waals surface area (Å²) in [6.45, 7) is 1.80. The van der Waals surface area contributed by atoms with Gasteiger partial charge in [-0.3, -0.25) is 9.59 Å². The Kier molecular flexibility index (Phi) is 4.45. The summed E-state index contributed by atoms with van der Waals surface area (Å²) in [6, 6.07) is 18.2. The molecule has 28 heavy (non-hydrogen) atoms. The number of nitrogens with one attached hydrogen (secondary N) is 2. The number of hydrogen-bond acceptors (Lipinski definition) is 3. The minimum Gasteiger partial charge on any atom is -0.321 e. The van der Waals surface area contributed by atoms with E-state index in [1.165, 1.54) is 18.2 Å². The third-order valence-corrected chi connectivity index (χ3v) is 4.48. The first kappa shape index (κ1) is 17.6. The van der Waals surface area contributed by atoms with Crippen LogP contribution in [0.2, 0.25) is 0 Å². The van der Waals surface area contributed by atoms with Gasteiger partial charge in [0.1, 0.15) is 11.5 Å². The second-order valence-electron chi connectivity index (χ2n) is 6.36. The second kappa shape index (κ2) is 7.08. The van der Waals surface area contributed by atoms with Gasteiger partial charge in [0.2, 0.25) is 0 Å². The highest BCUT2D eigenvalue weighted by atomic mass is 19.1. The Bertz CT molecular complexity index is 1260. The molecule has 5 nitrogen and oxygen atoms in total. The summed E-state index contributed by atoms with van der Waals surface area (Å²) in [5.41, 5.74) is 2.62. The predicted octanol–water partition coefficient (Wildman–Crippen LogP) is 4.29. The minimum absolute atomic E-state index is 0.0721. The monoisotopic (exact) mass is 373 g/mol. The molecule has 0 spiro atoms. The smallest absolute Gasteiger partial charge is 0.275 e. The molecule has 0 fully saturated rings. The van der Waals surface area contributed by atoms with Crippen LogP contribution < -0.4 is 10.9 Å². The van der Waals surface area contributed by atoms with Gasteiger partial charge in [0.15, 0.2) is 0 Å². The van der Waals surface area contributed by atoms with Crippen LogP contribution in [0.5, 0.6) is 0 Å². The molecule has 0 saturated carbocycles. The number of carbonyl (C=O) groups is 1. The summed E-state index contributed by atoms with van der Waals surface area (Å²) in [5, 5.41) is 2.74. The van der Waals surface area contributed by atoms with E-state index in [1.54, 1.807) is 43.3 Å². The van der Waals surface area contributed by atoms with Gasteiger partial charge in [0, 0.05) is 5.56 Å². The molecule has 0 aliphatic rings. The molecular formula is C22H16FN3O2. The standard InChI is InChI=1S/C22H16FN3O2/c1-13-7-6-9-15(19(13)26-21(27)14-8-2-3-10-16(14)23)20-22(28)25-18-12-5-4-11-17(18)24-20/h2-12H,1H3,(H,25,28)(H,26,27). The normalized spacial score (nSPS) is 10.8. The molecule has 0 radical (unpaired) electrons. The third kappa shape index (κ3) is 3.16. The van der Waals surface area contributed by atoms with Crippen LogP contribution in [0.25, 0.3) is 22.3 Å². The Morgan fingerprint density at radius 3 is 2.57 bits per heavy atom. The molecule has 0 aliphatic heterocycles. The van der Waals surface area contributed by atoms with Gasteiger partial charge in [-0.1, -0.05) is 42.5 Å². The van der Waals surface area contributed by atoms with Gasteiger partial charge in [-0.2, -0.15) is 0 Å². The van der Waals surface area contributed by atoms with Gasteiger partial charge in [-0.25, -0.2) is 9.37 Å². The lowest BCUT2D eigenvalue weighted by Gasteiger charge is -2.14. The zero-order chi connectivity index (χ0) is 19.7. The number of amides is 1. The molecule has 4 aromatic rings. The van der Waals surface area contributed by atoms with Crippen LogP contribution in [0.4, 0.5) is 10.1 Å². The van der Waals surface area contributed by atoms with Crippen LogP contribution in [0.15, 0.2) is 71.5 Å². The molecule has 1 heterocycles. The molecule has 0 bridgehead atoms. The van der Waals surface area contributed by atoms with Crippen molar-refractivity contribution in [1.82, 2.24) is 9.97 Å². The van der Waals surface area contributed by atoms with Crippen molar-refractivity contribution in [2.75, 3.05) is 5.32 Å². The number of aromatic amines is 1. The average Bonchev–Trinajstić information content (AvgIpc) is 2.69. The van der Waals surface area contributed by atoms with Crippen molar-refractivity contribution in [2.24, 2.45) is 0 Å². The maximum Gasteiger partial charge on any atom is 0.275 e. The number of aromatic nitrogens is 2. The van der Waals surface area contributed by atoms with Crippen molar-refractivity contribution < 1.29 is 9.18 Å². The molecule has 0 saturated heterocycles. The quantitative estimate of drug-likeness (QED) is 0.563. The number of aryl methyl sites for hydroxylation is 1. The zero-order valence-electron chi connectivity index (χ0n) is 15.0. The van der Waals surface area contributed by atoms with Crippen LogP contribution in [-0.4, -0.2) is 15.9 Å². The fourth-order valence-corrected chi connectivity index (χ4v) is 3.07. The second-order valence-corrected chi connectivity index (χ2v) is 6.36. The van der Waals surface area contributed by atoms with Crippen molar-refractivity contribution in [1.29, 1.82) is 0 Å². The van der Waals surface area contributed by atoms with E-state index in [4.69, 9.17) is 0 Å². The largest absolute Gasteiger partial charge is 0.321 e. The first-order chi connectivity index (χ1) is 13.5. The summed E-state index contributed by atoms with van der Waals surface area (Å²) >= 11 is 0. The van der Waals surface area contributed by atoms with Gasteiger partial charge < -0.3 is 10.3 Å². The zero-order valence-corrected chi connectivity index (χ0v) is 15.0. The number of hydrogen-bond donors (Lipinski definition) is 2. The van der Waals surface area contributed by atoms with E-state index < -0.39 is 11.7 Å². The number of para-hydroxylation sites is 3. The Balaban J connectivity index is 1.83. The SMILES string of the molecule is Cc1cccc(-c2nc3ccccc3[nH]c2=O)c1NC(=O)c1ccccc1F. The van der Waals surface area contributed by atoms with E-state index in [9.17, 15) is 14.0 Å². The van der Waals surface area contributed by atoms with Gasteiger partial charge in [-0.05, 0) is 36.8 Å². The number of anilines is 1. The number of nitrogens with zero attached hydrogens (tertiary/aromatic N) is 1. The topological polar surface area (TPSA) is 74.8 Å². The van der Waals surface area contributed by atoms with E-state index in [0.29, 0.717) is 22.3 Å². The van der Waals surface area contributed by atoms with Crippen molar-refractivity contribution in [3.63, 3.8) is 0 Å². The van der Waals surface area contributed by atoms with Gasteiger partial charge in [0.05, 0.1) is 22.3 Å². The number of rotatable bonds is 3. The molecule has 2 N–H and O–H groups in total. The lowest BCUT2D eigenvalue weighted by Crippen LogP contribution is -2.17. The average molecular weight is 373 g/mol. The van der Waals surface area contributed by atoms with Crippen LogP contribution in [0.1, 0.15) is 15.9 Å². The van der Waals surface area contributed by atoms with Crippen LogP contribution in [0, 0.1) is 12.7 Å². The van der Waals surface area contributed by atoms with Gasteiger partial charge >= 0.3 is 0 Å². The molecule has 0 atom stereocenters. The molecule has 6 heteroatoms. The van der Waals surface area contributed by atoms with E-state index in [-0.39, 0.29) is 16.8 Å². The lowest BCUT2D eigenvalue weighted by molar-refractivity contribution is 0.102. The Hall–Kier alpha value is -3.80. The maximum absolute atomic E-state index is 14.0. The highest BCUT2D eigenvalue weighted by Gasteiger charge is 2.18. The number of carbonyl (C=O) groups excluding carboxylic acids is 1. The van der Waals surface area contributed by atoms with E-state index >= 15 is 0 Å². The van der Waals surface area contributed by atoms with E-state index in [2.05, 4.69) is 15.3 Å². The molecule has 3 aromatic carbocycles. The van der Waals surface area contributed by atoms with Crippen molar-refractivity contribution >= 4 is 22.6 Å². The lowest BCUT2D eigenvalue weighted by atomic mass is 10.0. The summed E-state index contributed by atoms with van der Waals surface area (Å²) in [4.78, 5) is 32.5. The number of fused-ring (bicyclic) bond motifs is 1. The molecule has 4 rings (SSSR count). The van der Waals surface area contributed by atoms with Gasteiger partial charge in [-0.15, -0.1) is 0 Å². The number of halogens is 1. The summed E-state index contributed by atoms with van der Waals surface area (Å²) in [5.74, 6) is -1.21. The van der Waals surface area contributed by atoms with Crippen molar-refractivity contribution in [3.05, 3.63) is 94.0 Å². The summed E-state index contributed by atoms with van der Waals surface area (Å²) < 4.78 is 14.0. The summed E-state index contributed by atoms with van der Waals surface area (Å²) in [7, 11) is 0. The molecular weight excluding hydrogens is 357 g/mol. The molecule has 0 aliphatic carbocycles. The minimum atomic E-state index is -0.614. The molecule has 1 amide bonds. The Morgan fingerprint density at radius 1 is 1.00 bits per heavy atom. The number of H-pyrrole nitrogens is 1. The third-order valence-electron chi connectivity index (χ3n) is 4.48. The van der Waals surface area contributed by atoms with E-state index in [1.807, 2.05) is 12.1 Å². The van der Waals surface area contributed by atoms with Crippen LogP contribution >= 0.6 is 0 Å². The van der Waals surface area contributed by atoms with E-state index in [0.717, 1.165) is 5.56 Å². The highest BCUT2D eigenvalue weighted by molar-refractivity contribution is 6.07. The fourth-order valence-electron chi connectivity index (χ4n) is 3.07. The maximum atomic E-state index is 14.0. The van der Waals surface area contributed by atoms with Crippen molar-refractivity contribution in [2.45, 2.75) is 6.92 Å². The van der Waals surface area contributed by atoms with Gasteiger partial charge in [0.25, 0.3) is 11.5 Å². The molecule has 1 aromatic heterocycles. The van der Waals surface area contributed by atoms with Crippen LogP contribution in [0.3, 0.4) is 0 Å². The fraction of sp³-hybridized carbons (Fsp3) is 0.0455. The highest BCUT2D eigenvalue weighted by Crippen LogP contribution is 2.29.